The number of benzene rings is 2. The summed E-state index contributed by atoms with van der Waals surface area (Å²) in [7, 11) is 1.49. The molecule has 2 aromatic carbocycles. The van der Waals surface area contributed by atoms with Crippen molar-refractivity contribution in [3.8, 4) is 11.8 Å². The van der Waals surface area contributed by atoms with Gasteiger partial charge in [-0.1, -0.05) is 54.5 Å². The SMILES string of the molecule is CNC(=O)[C@H]1C[C@@H](n2cnc3c(/C=C(\O)c4ccccc4)nc(C#Cc4ccccc4)nc32)[C@H](O)[C@@H]1O. The molecule has 9 heteroatoms. The number of hydrogen-bond acceptors (Lipinski definition) is 7. The van der Waals surface area contributed by atoms with Crippen LogP contribution in [0.5, 0.6) is 0 Å². The van der Waals surface area contributed by atoms with E-state index in [1.165, 1.54) is 19.5 Å². The number of nitrogens with zero attached hydrogens (tertiary/aromatic N) is 4. The van der Waals surface area contributed by atoms with Crippen LogP contribution < -0.4 is 5.32 Å². The fourth-order valence-corrected chi connectivity index (χ4v) is 4.54. The molecule has 0 saturated heterocycles. The number of aliphatic hydroxyl groups is 3. The molecule has 1 saturated carbocycles. The summed E-state index contributed by atoms with van der Waals surface area (Å²) < 4.78 is 1.64. The Balaban J connectivity index is 1.63. The van der Waals surface area contributed by atoms with E-state index in [4.69, 9.17) is 0 Å². The second kappa shape index (κ2) is 10.2. The van der Waals surface area contributed by atoms with Crippen molar-refractivity contribution in [3.05, 3.63) is 89.6 Å². The van der Waals surface area contributed by atoms with Gasteiger partial charge < -0.3 is 25.2 Å². The molecule has 0 unspecified atom stereocenters. The van der Waals surface area contributed by atoms with Crippen molar-refractivity contribution in [1.29, 1.82) is 0 Å². The summed E-state index contributed by atoms with van der Waals surface area (Å²) in [4.78, 5) is 25.8. The zero-order valence-electron chi connectivity index (χ0n) is 20.0. The number of carbonyl (C=O) groups is 1. The highest BCUT2D eigenvalue weighted by Crippen LogP contribution is 2.37. The number of aliphatic hydroxyl groups excluding tert-OH is 3. The van der Waals surface area contributed by atoms with Gasteiger partial charge in [0, 0.05) is 24.3 Å². The van der Waals surface area contributed by atoms with Crippen LogP contribution >= 0.6 is 0 Å². The zero-order chi connectivity index (χ0) is 25.9. The van der Waals surface area contributed by atoms with E-state index in [1.807, 2.05) is 48.5 Å². The van der Waals surface area contributed by atoms with E-state index in [9.17, 15) is 20.1 Å². The second-order valence-corrected chi connectivity index (χ2v) is 8.77. The molecule has 5 rings (SSSR count). The Morgan fingerprint density at radius 3 is 2.43 bits per heavy atom. The van der Waals surface area contributed by atoms with Crippen molar-refractivity contribution in [2.45, 2.75) is 24.7 Å². The van der Waals surface area contributed by atoms with Gasteiger partial charge in [0.15, 0.2) is 5.65 Å². The highest BCUT2D eigenvalue weighted by Gasteiger charge is 2.46. The number of imidazole rings is 1. The molecule has 2 aromatic heterocycles. The molecule has 0 radical (unpaired) electrons. The molecule has 1 amide bonds. The molecule has 2 heterocycles. The van der Waals surface area contributed by atoms with Crippen LogP contribution in [-0.2, 0) is 4.79 Å². The Morgan fingerprint density at radius 1 is 1.03 bits per heavy atom. The molecule has 4 N–H and O–H groups in total. The molecular formula is C28H25N5O4. The Hall–Kier alpha value is -4.52. The quantitative estimate of drug-likeness (QED) is 0.252. The highest BCUT2D eigenvalue weighted by atomic mass is 16.3. The Kier molecular flexibility index (Phi) is 6.68. The van der Waals surface area contributed by atoms with Gasteiger partial charge in [0.2, 0.25) is 11.7 Å². The normalized spacial score (nSPS) is 21.4. The van der Waals surface area contributed by atoms with E-state index < -0.39 is 24.2 Å². The number of fused-ring (bicyclic) bond motifs is 1. The lowest BCUT2D eigenvalue weighted by Gasteiger charge is -2.18. The Labute approximate surface area is 213 Å². The first-order valence-corrected chi connectivity index (χ1v) is 11.8. The summed E-state index contributed by atoms with van der Waals surface area (Å²) in [6, 6.07) is 17.8. The summed E-state index contributed by atoms with van der Waals surface area (Å²) in [6.07, 6.45) is 0.756. The van der Waals surface area contributed by atoms with Crippen LogP contribution in [-0.4, -0.2) is 60.0 Å². The average molecular weight is 496 g/mol. The number of hydrogen-bond donors (Lipinski definition) is 4. The molecule has 186 valence electrons. The first-order chi connectivity index (χ1) is 18.0. The lowest BCUT2D eigenvalue weighted by Crippen LogP contribution is -2.36. The van der Waals surface area contributed by atoms with Crippen molar-refractivity contribution in [2.24, 2.45) is 5.92 Å². The van der Waals surface area contributed by atoms with Gasteiger partial charge in [0.05, 0.1) is 30.1 Å². The van der Waals surface area contributed by atoms with E-state index in [1.54, 1.807) is 16.7 Å². The van der Waals surface area contributed by atoms with Crippen LogP contribution in [0.1, 0.15) is 35.1 Å². The molecule has 4 atom stereocenters. The largest absolute Gasteiger partial charge is 0.507 e. The van der Waals surface area contributed by atoms with E-state index in [0.29, 0.717) is 22.4 Å². The maximum atomic E-state index is 12.2. The second-order valence-electron chi connectivity index (χ2n) is 8.77. The van der Waals surface area contributed by atoms with Gasteiger partial charge >= 0.3 is 0 Å². The Morgan fingerprint density at radius 2 is 1.73 bits per heavy atom. The molecule has 4 aromatic rings. The van der Waals surface area contributed by atoms with E-state index >= 15 is 0 Å². The minimum Gasteiger partial charge on any atom is -0.507 e. The van der Waals surface area contributed by atoms with Crippen LogP contribution in [0.4, 0.5) is 0 Å². The lowest BCUT2D eigenvalue weighted by atomic mass is 10.1. The minimum atomic E-state index is -1.23. The third-order valence-electron chi connectivity index (χ3n) is 6.48. The Bertz CT molecular complexity index is 1520. The fraction of sp³-hybridized carbons (Fsp3) is 0.214. The molecule has 1 aliphatic carbocycles. The molecule has 1 fully saturated rings. The van der Waals surface area contributed by atoms with Crippen LogP contribution in [0.25, 0.3) is 23.0 Å². The fourth-order valence-electron chi connectivity index (χ4n) is 4.54. The van der Waals surface area contributed by atoms with Crippen LogP contribution in [0, 0.1) is 17.8 Å². The molecule has 0 bridgehead atoms. The first-order valence-electron chi connectivity index (χ1n) is 11.8. The van der Waals surface area contributed by atoms with Gasteiger partial charge in [-0.3, -0.25) is 4.79 Å². The van der Waals surface area contributed by atoms with Gasteiger partial charge in [-0.05, 0) is 24.5 Å². The number of aromatic nitrogens is 4. The van der Waals surface area contributed by atoms with Crippen molar-refractivity contribution in [3.63, 3.8) is 0 Å². The summed E-state index contributed by atoms with van der Waals surface area (Å²) in [5.74, 6) is 5.07. The molecular weight excluding hydrogens is 470 g/mol. The van der Waals surface area contributed by atoms with E-state index in [0.717, 1.165) is 5.56 Å². The zero-order valence-corrected chi connectivity index (χ0v) is 20.0. The van der Waals surface area contributed by atoms with Gasteiger partial charge in [0.25, 0.3) is 0 Å². The van der Waals surface area contributed by atoms with Gasteiger partial charge in [-0.2, -0.15) is 0 Å². The van der Waals surface area contributed by atoms with Crippen molar-refractivity contribution >= 4 is 28.9 Å². The van der Waals surface area contributed by atoms with E-state index in [2.05, 4.69) is 32.1 Å². The van der Waals surface area contributed by atoms with Gasteiger partial charge in [0.1, 0.15) is 17.4 Å². The average Bonchev–Trinajstić information content (AvgIpc) is 3.48. The van der Waals surface area contributed by atoms with Crippen molar-refractivity contribution in [2.75, 3.05) is 7.05 Å². The summed E-state index contributed by atoms with van der Waals surface area (Å²) in [6.45, 7) is 0. The smallest absolute Gasteiger partial charge is 0.225 e. The third-order valence-corrected chi connectivity index (χ3v) is 6.48. The van der Waals surface area contributed by atoms with Crippen LogP contribution in [0.15, 0.2) is 67.0 Å². The predicted molar refractivity (Wildman–Crippen MR) is 138 cm³/mol. The lowest BCUT2D eigenvalue weighted by molar-refractivity contribution is -0.128. The minimum absolute atomic E-state index is 0.00637. The molecule has 0 spiro atoms. The maximum absolute atomic E-state index is 12.2. The van der Waals surface area contributed by atoms with Gasteiger partial charge in [-0.25, -0.2) is 15.0 Å². The highest BCUT2D eigenvalue weighted by molar-refractivity contribution is 5.87. The molecule has 0 aliphatic heterocycles. The summed E-state index contributed by atoms with van der Waals surface area (Å²) >= 11 is 0. The van der Waals surface area contributed by atoms with Crippen LogP contribution in [0.2, 0.25) is 0 Å². The number of rotatable bonds is 4. The molecule has 9 nitrogen and oxygen atoms in total. The first kappa shape index (κ1) is 24.2. The van der Waals surface area contributed by atoms with E-state index in [-0.39, 0.29) is 23.9 Å². The van der Waals surface area contributed by atoms with Crippen molar-refractivity contribution < 1.29 is 20.1 Å². The predicted octanol–water partition coefficient (Wildman–Crippen LogP) is 2.31. The van der Waals surface area contributed by atoms with Crippen molar-refractivity contribution in [1.82, 2.24) is 24.8 Å². The standard InChI is InChI=1S/C28H25N5O4/c1-29-28(37)19-14-21(26(36)25(19)35)33-16-30-24-20(15-22(34)18-10-6-3-7-11-18)31-23(32-27(24)33)13-12-17-8-4-2-5-9-17/h2-11,15-16,19,21,25-26,34-36H,14H2,1H3,(H,29,37)/b22-15-/t19-,21+,25+,26-/m0/s1. The topological polar surface area (TPSA) is 133 Å². The number of amides is 1. The summed E-state index contributed by atoms with van der Waals surface area (Å²) in [5, 5.41) is 34.6. The van der Waals surface area contributed by atoms with Crippen LogP contribution in [0.3, 0.4) is 0 Å². The maximum Gasteiger partial charge on any atom is 0.225 e. The molecule has 37 heavy (non-hydrogen) atoms. The monoisotopic (exact) mass is 495 g/mol. The number of nitrogens with one attached hydrogen (secondary N) is 1. The molecule has 1 aliphatic rings. The van der Waals surface area contributed by atoms with Gasteiger partial charge in [-0.15, -0.1) is 0 Å². The third kappa shape index (κ3) is 4.80. The number of carbonyl (C=O) groups excluding carboxylic acids is 1. The summed E-state index contributed by atoms with van der Waals surface area (Å²) in [5.41, 5.74) is 2.49.